The summed E-state index contributed by atoms with van der Waals surface area (Å²) in [4.78, 5) is 0. The summed E-state index contributed by atoms with van der Waals surface area (Å²) in [5, 5.41) is 5.58. The summed E-state index contributed by atoms with van der Waals surface area (Å²) in [5.74, 6) is 0. The SMILES string of the molecule is CC12C=CC3=CC=c4cccc5ccc(c(c45)C31C)=C2. The Morgan fingerprint density at radius 3 is 2.70 bits per heavy atom. The number of rotatable bonds is 0. The van der Waals surface area contributed by atoms with Crippen LogP contribution in [0.1, 0.15) is 19.4 Å². The first kappa shape index (κ1) is 10.7. The molecule has 0 bridgehead atoms. The number of hydrogen-bond donors (Lipinski definition) is 0. The summed E-state index contributed by atoms with van der Waals surface area (Å²) in [6, 6.07) is 11.2. The van der Waals surface area contributed by atoms with Crippen LogP contribution >= 0.6 is 0 Å². The van der Waals surface area contributed by atoms with Crippen LogP contribution in [0.5, 0.6) is 0 Å². The molecule has 0 saturated carbocycles. The molecule has 0 amide bonds. The Balaban J connectivity index is 2.15. The van der Waals surface area contributed by atoms with Crippen molar-refractivity contribution in [1.29, 1.82) is 0 Å². The molecule has 5 rings (SSSR count). The van der Waals surface area contributed by atoms with E-state index in [4.69, 9.17) is 0 Å². The van der Waals surface area contributed by atoms with Gasteiger partial charge in [-0.2, -0.15) is 0 Å². The van der Waals surface area contributed by atoms with Gasteiger partial charge in [0.1, 0.15) is 0 Å². The largest absolute Gasteiger partial charge is 0.0733 e. The third kappa shape index (κ3) is 0.924. The zero-order valence-corrected chi connectivity index (χ0v) is 11.8. The average molecular weight is 256 g/mol. The first-order chi connectivity index (χ1) is 9.63. The Morgan fingerprint density at radius 1 is 0.900 bits per heavy atom. The van der Waals surface area contributed by atoms with Gasteiger partial charge in [0.05, 0.1) is 0 Å². The van der Waals surface area contributed by atoms with Crippen LogP contribution in [-0.4, -0.2) is 0 Å². The van der Waals surface area contributed by atoms with Crippen LogP contribution in [0, 0.1) is 5.41 Å². The lowest BCUT2D eigenvalue weighted by Gasteiger charge is -2.36. The van der Waals surface area contributed by atoms with Crippen LogP contribution in [0.4, 0.5) is 0 Å². The number of hydrogen-bond acceptors (Lipinski definition) is 0. The molecule has 0 heterocycles. The zero-order valence-electron chi connectivity index (χ0n) is 11.8. The van der Waals surface area contributed by atoms with Crippen molar-refractivity contribution in [2.45, 2.75) is 19.3 Å². The van der Waals surface area contributed by atoms with Gasteiger partial charge < -0.3 is 0 Å². The van der Waals surface area contributed by atoms with Gasteiger partial charge in [-0.15, -0.1) is 0 Å². The van der Waals surface area contributed by atoms with E-state index >= 15 is 0 Å². The predicted molar refractivity (Wildman–Crippen MR) is 84.8 cm³/mol. The minimum absolute atomic E-state index is 0.0882. The van der Waals surface area contributed by atoms with Gasteiger partial charge in [0.15, 0.2) is 0 Å². The molecule has 0 saturated heterocycles. The molecule has 2 atom stereocenters. The molecule has 3 aliphatic rings. The van der Waals surface area contributed by atoms with Gasteiger partial charge in [0.25, 0.3) is 0 Å². The Hall–Kier alpha value is -2.08. The third-order valence-corrected chi connectivity index (χ3v) is 5.77. The van der Waals surface area contributed by atoms with Crippen molar-refractivity contribution >= 4 is 22.9 Å². The first-order valence-electron chi connectivity index (χ1n) is 7.30. The maximum atomic E-state index is 2.46. The Labute approximate surface area is 118 Å². The second-order valence-electron chi connectivity index (χ2n) is 6.65. The van der Waals surface area contributed by atoms with Crippen molar-refractivity contribution < 1.29 is 0 Å². The van der Waals surface area contributed by atoms with E-state index in [1.165, 1.54) is 32.3 Å². The van der Waals surface area contributed by atoms with Crippen LogP contribution < -0.4 is 10.4 Å². The van der Waals surface area contributed by atoms with Crippen molar-refractivity contribution in [3.05, 3.63) is 70.1 Å². The highest BCUT2D eigenvalue weighted by atomic mass is 14.5. The van der Waals surface area contributed by atoms with Crippen molar-refractivity contribution in [2.24, 2.45) is 5.41 Å². The lowest BCUT2D eigenvalue weighted by atomic mass is 9.65. The number of allylic oxidation sites excluding steroid dienone is 4. The van der Waals surface area contributed by atoms with Crippen LogP contribution in [0.15, 0.2) is 54.1 Å². The van der Waals surface area contributed by atoms with Gasteiger partial charge in [0, 0.05) is 10.8 Å². The molecule has 0 aliphatic heterocycles. The minimum atomic E-state index is 0.0882. The van der Waals surface area contributed by atoms with Gasteiger partial charge in [-0.1, -0.05) is 74.6 Å². The van der Waals surface area contributed by atoms with Crippen molar-refractivity contribution in [3.63, 3.8) is 0 Å². The molecule has 0 radical (unpaired) electrons. The summed E-state index contributed by atoms with van der Waals surface area (Å²) in [6.45, 7) is 4.78. The van der Waals surface area contributed by atoms with Crippen LogP contribution in [0.2, 0.25) is 0 Å². The fraction of sp³-hybridized carbons (Fsp3) is 0.200. The van der Waals surface area contributed by atoms with E-state index in [1.807, 2.05) is 0 Å². The summed E-state index contributed by atoms with van der Waals surface area (Å²) in [7, 11) is 0. The molecule has 96 valence electrons. The van der Waals surface area contributed by atoms with E-state index in [0.717, 1.165) is 0 Å². The normalized spacial score (nSPS) is 31.8. The van der Waals surface area contributed by atoms with E-state index in [-0.39, 0.29) is 10.8 Å². The van der Waals surface area contributed by atoms with Crippen LogP contribution in [0.25, 0.3) is 22.9 Å². The quantitative estimate of drug-likeness (QED) is 0.679. The van der Waals surface area contributed by atoms with Crippen molar-refractivity contribution in [1.82, 2.24) is 0 Å². The van der Waals surface area contributed by atoms with Gasteiger partial charge in [-0.05, 0) is 32.3 Å². The summed E-state index contributed by atoms with van der Waals surface area (Å²) in [6.07, 6.45) is 11.8. The molecular weight excluding hydrogens is 240 g/mol. The van der Waals surface area contributed by atoms with E-state index in [0.29, 0.717) is 0 Å². The molecule has 0 spiro atoms. The molecule has 3 aliphatic carbocycles. The second kappa shape index (κ2) is 2.98. The van der Waals surface area contributed by atoms with E-state index in [1.54, 1.807) is 0 Å². The lowest BCUT2D eigenvalue weighted by Crippen LogP contribution is -2.34. The Morgan fingerprint density at radius 2 is 1.80 bits per heavy atom. The number of benzene rings is 2. The van der Waals surface area contributed by atoms with Gasteiger partial charge in [-0.25, -0.2) is 0 Å². The predicted octanol–water partition coefficient (Wildman–Crippen LogP) is 3.19. The highest BCUT2D eigenvalue weighted by Gasteiger charge is 2.52. The highest BCUT2D eigenvalue weighted by molar-refractivity contribution is 5.92. The smallest absolute Gasteiger partial charge is 0.0309 e. The molecule has 0 aromatic heterocycles. The zero-order chi connectivity index (χ0) is 13.5. The molecule has 2 aromatic rings. The standard InChI is InChI=1S/C20H16/c1-19-11-10-16-9-8-14-5-3-4-13-6-7-15(12-19)18(17(13)14)20(16,19)2/h3-12H,1-2H3. The molecule has 0 N–H and O–H groups in total. The molecule has 0 nitrogen and oxygen atoms in total. The summed E-state index contributed by atoms with van der Waals surface area (Å²) < 4.78 is 0. The lowest BCUT2D eigenvalue weighted by molar-refractivity contribution is 0.397. The Bertz CT molecular complexity index is 971. The summed E-state index contributed by atoms with van der Waals surface area (Å²) >= 11 is 0. The second-order valence-corrected chi connectivity index (χ2v) is 6.65. The molecule has 0 heteroatoms. The fourth-order valence-corrected chi connectivity index (χ4v) is 4.46. The van der Waals surface area contributed by atoms with Crippen molar-refractivity contribution in [2.75, 3.05) is 0 Å². The fourth-order valence-electron chi connectivity index (χ4n) is 4.46. The van der Waals surface area contributed by atoms with Gasteiger partial charge in [-0.3, -0.25) is 0 Å². The first-order valence-corrected chi connectivity index (χ1v) is 7.30. The van der Waals surface area contributed by atoms with Crippen molar-refractivity contribution in [3.8, 4) is 0 Å². The molecule has 20 heavy (non-hydrogen) atoms. The topological polar surface area (TPSA) is 0 Å². The maximum absolute atomic E-state index is 2.46. The Kier molecular flexibility index (Phi) is 1.59. The summed E-state index contributed by atoms with van der Waals surface area (Å²) in [5.41, 5.74) is 3.17. The highest BCUT2D eigenvalue weighted by Crippen LogP contribution is 2.57. The minimum Gasteiger partial charge on any atom is -0.0733 e. The van der Waals surface area contributed by atoms with E-state index in [2.05, 4.69) is 74.6 Å². The maximum Gasteiger partial charge on any atom is 0.0309 e. The molecule has 0 fully saturated rings. The molecule has 2 unspecified atom stereocenters. The third-order valence-electron chi connectivity index (χ3n) is 5.77. The average Bonchev–Trinajstić information content (AvgIpc) is 2.75. The van der Waals surface area contributed by atoms with E-state index in [9.17, 15) is 0 Å². The molecular formula is C20H16. The van der Waals surface area contributed by atoms with Gasteiger partial charge >= 0.3 is 0 Å². The molecule has 2 aromatic carbocycles. The monoisotopic (exact) mass is 256 g/mol. The van der Waals surface area contributed by atoms with Crippen LogP contribution in [0.3, 0.4) is 0 Å². The van der Waals surface area contributed by atoms with E-state index < -0.39 is 0 Å². The van der Waals surface area contributed by atoms with Gasteiger partial charge in [0.2, 0.25) is 0 Å². The van der Waals surface area contributed by atoms with Crippen LogP contribution in [-0.2, 0) is 5.41 Å².